The lowest BCUT2D eigenvalue weighted by atomic mass is 9.85. The first-order valence-electron chi connectivity index (χ1n) is 10.3. The summed E-state index contributed by atoms with van der Waals surface area (Å²) >= 11 is 0. The molecular weight excluding hydrogens is 338 g/mol. The van der Waals surface area contributed by atoms with Crippen molar-refractivity contribution in [1.82, 2.24) is 14.7 Å². The number of amides is 1. The number of hydrogen-bond donors (Lipinski definition) is 0. The van der Waals surface area contributed by atoms with Gasteiger partial charge in [0.25, 0.3) is 0 Å². The molecule has 2 aliphatic rings. The van der Waals surface area contributed by atoms with E-state index in [1.54, 1.807) is 0 Å². The highest BCUT2D eigenvalue weighted by Gasteiger charge is 2.41. The Bertz CT molecular complexity index is 638. The molecule has 0 bridgehead atoms. The summed E-state index contributed by atoms with van der Waals surface area (Å²) in [6.45, 7) is 4.92. The van der Waals surface area contributed by atoms with E-state index < -0.39 is 0 Å². The Morgan fingerprint density at radius 2 is 1.67 bits per heavy atom. The van der Waals surface area contributed by atoms with Gasteiger partial charge in [-0.3, -0.25) is 14.5 Å². The van der Waals surface area contributed by atoms with Gasteiger partial charge in [0.2, 0.25) is 5.91 Å². The van der Waals surface area contributed by atoms with Crippen molar-refractivity contribution < 1.29 is 9.59 Å². The molecule has 1 spiro atoms. The molecular formula is C22H33N3O2. The zero-order chi connectivity index (χ0) is 19.3. The van der Waals surface area contributed by atoms with Crippen molar-refractivity contribution in [3.05, 3.63) is 35.9 Å². The van der Waals surface area contributed by atoms with Crippen molar-refractivity contribution in [1.29, 1.82) is 0 Å². The van der Waals surface area contributed by atoms with Gasteiger partial charge in [0, 0.05) is 43.6 Å². The fourth-order valence-corrected chi connectivity index (χ4v) is 4.41. The van der Waals surface area contributed by atoms with Crippen molar-refractivity contribution in [3.8, 4) is 0 Å². The Morgan fingerprint density at radius 3 is 2.37 bits per heavy atom. The van der Waals surface area contributed by atoms with Crippen molar-refractivity contribution in [2.75, 3.05) is 46.8 Å². The molecule has 2 saturated heterocycles. The molecule has 148 valence electrons. The van der Waals surface area contributed by atoms with E-state index in [9.17, 15) is 9.59 Å². The Labute approximate surface area is 163 Å². The third-order valence-electron chi connectivity index (χ3n) is 6.38. The quantitative estimate of drug-likeness (QED) is 0.747. The average molecular weight is 372 g/mol. The van der Waals surface area contributed by atoms with Crippen LogP contribution >= 0.6 is 0 Å². The van der Waals surface area contributed by atoms with Crippen LogP contribution in [0, 0.1) is 0 Å². The molecule has 5 nitrogen and oxygen atoms in total. The Morgan fingerprint density at radius 1 is 0.963 bits per heavy atom. The summed E-state index contributed by atoms with van der Waals surface area (Å²) in [5, 5.41) is 0. The van der Waals surface area contributed by atoms with E-state index in [1.165, 1.54) is 0 Å². The smallest absolute Gasteiger partial charge is 0.222 e. The van der Waals surface area contributed by atoms with E-state index in [4.69, 9.17) is 0 Å². The third-order valence-corrected chi connectivity index (χ3v) is 6.38. The molecule has 2 fully saturated rings. The fourth-order valence-electron chi connectivity index (χ4n) is 4.41. The Balaban J connectivity index is 1.53. The van der Waals surface area contributed by atoms with E-state index in [0.29, 0.717) is 19.3 Å². The number of benzene rings is 1. The number of likely N-dealkylation sites (tertiary alicyclic amines) is 1. The molecule has 0 unspecified atom stereocenters. The second-order valence-corrected chi connectivity index (χ2v) is 8.26. The molecule has 0 aliphatic carbocycles. The minimum Gasteiger partial charge on any atom is -0.341 e. The lowest BCUT2D eigenvalue weighted by Crippen LogP contribution is -2.58. The van der Waals surface area contributed by atoms with Gasteiger partial charge < -0.3 is 9.80 Å². The number of rotatable bonds is 5. The Hall–Kier alpha value is -1.72. The Kier molecular flexibility index (Phi) is 6.66. The number of ketones is 1. The lowest BCUT2D eigenvalue weighted by Gasteiger charge is -2.47. The van der Waals surface area contributed by atoms with Gasteiger partial charge in [-0.05, 0) is 52.9 Å². The standard InChI is InChI=1S/C22H33N3O2/c1-23-16-12-22(13-17-23)18-25(15-7-14-24(22)2)21(27)11-6-10-20(26)19-8-4-3-5-9-19/h3-5,8-9H,6-7,10-18H2,1-2H3. The van der Waals surface area contributed by atoms with E-state index in [0.717, 1.165) is 57.5 Å². The van der Waals surface area contributed by atoms with Gasteiger partial charge in [-0.25, -0.2) is 0 Å². The molecule has 1 aromatic carbocycles. The summed E-state index contributed by atoms with van der Waals surface area (Å²) in [6, 6.07) is 9.37. The van der Waals surface area contributed by atoms with Crippen LogP contribution in [0.25, 0.3) is 0 Å². The van der Waals surface area contributed by atoms with Gasteiger partial charge in [-0.15, -0.1) is 0 Å². The van der Waals surface area contributed by atoms with Crippen LogP contribution in [0.3, 0.4) is 0 Å². The summed E-state index contributed by atoms with van der Waals surface area (Å²) in [7, 11) is 4.40. The third kappa shape index (κ3) is 4.96. The molecule has 0 atom stereocenters. The van der Waals surface area contributed by atoms with Crippen LogP contribution < -0.4 is 0 Å². The zero-order valence-corrected chi connectivity index (χ0v) is 16.8. The summed E-state index contributed by atoms with van der Waals surface area (Å²) in [4.78, 5) is 32.0. The number of carbonyl (C=O) groups excluding carboxylic acids is 2. The minimum atomic E-state index is 0.124. The zero-order valence-electron chi connectivity index (χ0n) is 16.8. The summed E-state index contributed by atoms with van der Waals surface area (Å²) in [5.41, 5.74) is 0.866. The first-order chi connectivity index (χ1) is 13.0. The van der Waals surface area contributed by atoms with Crippen LogP contribution in [-0.2, 0) is 4.79 Å². The highest BCUT2D eigenvalue weighted by atomic mass is 16.2. The predicted octanol–water partition coefficient (Wildman–Crippen LogP) is 2.67. The number of carbonyl (C=O) groups is 2. The molecule has 1 aromatic rings. The SMILES string of the molecule is CN1CCC2(CC1)CN(C(=O)CCCC(=O)c1ccccc1)CCCN2C. The van der Waals surface area contributed by atoms with Crippen LogP contribution in [0.2, 0.25) is 0 Å². The van der Waals surface area contributed by atoms with Crippen molar-refractivity contribution in [2.45, 2.75) is 44.1 Å². The fraction of sp³-hybridized carbons (Fsp3) is 0.636. The average Bonchev–Trinajstić information content (AvgIpc) is 2.84. The van der Waals surface area contributed by atoms with Crippen LogP contribution in [0.5, 0.6) is 0 Å². The van der Waals surface area contributed by atoms with Crippen LogP contribution in [0.1, 0.15) is 48.9 Å². The number of Topliss-reactive ketones (excluding diaryl/α,β-unsaturated/α-hetero) is 1. The van der Waals surface area contributed by atoms with E-state index in [-0.39, 0.29) is 17.2 Å². The van der Waals surface area contributed by atoms with Crippen molar-refractivity contribution in [3.63, 3.8) is 0 Å². The maximum atomic E-state index is 12.9. The lowest BCUT2D eigenvalue weighted by molar-refractivity contribution is -0.133. The first-order valence-corrected chi connectivity index (χ1v) is 10.3. The highest BCUT2D eigenvalue weighted by molar-refractivity contribution is 5.96. The largest absolute Gasteiger partial charge is 0.341 e. The molecule has 1 amide bonds. The molecule has 2 heterocycles. The normalized spacial score (nSPS) is 21.2. The number of likely N-dealkylation sites (N-methyl/N-ethyl adjacent to an activating group) is 1. The van der Waals surface area contributed by atoms with E-state index in [1.807, 2.05) is 30.3 Å². The molecule has 0 aromatic heterocycles. The maximum Gasteiger partial charge on any atom is 0.222 e. The maximum absolute atomic E-state index is 12.9. The van der Waals surface area contributed by atoms with Gasteiger partial charge in [0.05, 0.1) is 0 Å². The van der Waals surface area contributed by atoms with E-state index >= 15 is 0 Å². The molecule has 2 aliphatic heterocycles. The second kappa shape index (κ2) is 8.98. The topological polar surface area (TPSA) is 43.9 Å². The molecule has 27 heavy (non-hydrogen) atoms. The van der Waals surface area contributed by atoms with Gasteiger partial charge in [-0.2, -0.15) is 0 Å². The van der Waals surface area contributed by atoms with Gasteiger partial charge in [-0.1, -0.05) is 30.3 Å². The van der Waals surface area contributed by atoms with Crippen LogP contribution in [0.15, 0.2) is 30.3 Å². The first kappa shape index (κ1) is 20.0. The predicted molar refractivity (Wildman–Crippen MR) is 108 cm³/mol. The van der Waals surface area contributed by atoms with Crippen LogP contribution in [0.4, 0.5) is 0 Å². The number of piperidine rings is 1. The van der Waals surface area contributed by atoms with E-state index in [2.05, 4.69) is 28.8 Å². The summed E-state index contributed by atoms with van der Waals surface area (Å²) < 4.78 is 0. The molecule has 0 saturated carbocycles. The van der Waals surface area contributed by atoms with Crippen LogP contribution in [-0.4, -0.2) is 78.7 Å². The molecule has 0 N–H and O–H groups in total. The summed E-state index contributed by atoms with van der Waals surface area (Å²) in [5.74, 6) is 0.343. The number of hydrogen-bond acceptors (Lipinski definition) is 4. The summed E-state index contributed by atoms with van der Waals surface area (Å²) in [6.07, 6.45) is 4.82. The van der Waals surface area contributed by atoms with Gasteiger partial charge >= 0.3 is 0 Å². The molecule has 3 rings (SSSR count). The number of nitrogens with zero attached hydrogens (tertiary/aromatic N) is 3. The minimum absolute atomic E-state index is 0.124. The van der Waals surface area contributed by atoms with Gasteiger partial charge in [0.1, 0.15) is 0 Å². The monoisotopic (exact) mass is 371 g/mol. The molecule has 0 radical (unpaired) electrons. The van der Waals surface area contributed by atoms with Crippen molar-refractivity contribution >= 4 is 11.7 Å². The molecule has 5 heteroatoms. The van der Waals surface area contributed by atoms with Crippen molar-refractivity contribution in [2.24, 2.45) is 0 Å². The van der Waals surface area contributed by atoms with Gasteiger partial charge in [0.15, 0.2) is 5.78 Å². The highest BCUT2D eigenvalue weighted by Crippen LogP contribution is 2.31. The second-order valence-electron chi connectivity index (χ2n) is 8.26.